The van der Waals surface area contributed by atoms with E-state index in [4.69, 9.17) is 4.74 Å². The monoisotopic (exact) mass is 235 g/mol. The molecule has 2 nitrogen and oxygen atoms in total. The molecule has 0 saturated heterocycles. The van der Waals surface area contributed by atoms with Crippen molar-refractivity contribution in [1.29, 1.82) is 0 Å². The lowest BCUT2D eigenvalue weighted by molar-refractivity contribution is 0.128. The third kappa shape index (κ3) is 4.88. The zero-order valence-corrected chi connectivity index (χ0v) is 11.3. The molecule has 2 atom stereocenters. The average molecular weight is 235 g/mol. The second-order valence-electron chi connectivity index (χ2n) is 4.41. The lowest BCUT2D eigenvalue weighted by Crippen LogP contribution is -2.27. The minimum atomic E-state index is 0.432. The normalized spacial score (nSPS) is 14.5. The van der Waals surface area contributed by atoms with Crippen molar-refractivity contribution < 1.29 is 4.74 Å². The van der Waals surface area contributed by atoms with Gasteiger partial charge >= 0.3 is 0 Å². The van der Waals surface area contributed by atoms with Crippen molar-refractivity contribution in [2.75, 3.05) is 19.8 Å². The predicted octanol–water partition coefficient (Wildman–Crippen LogP) is 3.40. The van der Waals surface area contributed by atoms with Crippen LogP contribution in [-0.2, 0) is 4.74 Å². The Hall–Kier alpha value is -0.860. The summed E-state index contributed by atoms with van der Waals surface area (Å²) in [4.78, 5) is 0. The molecule has 1 aromatic carbocycles. The van der Waals surface area contributed by atoms with Crippen LogP contribution in [0.4, 0.5) is 0 Å². The molecule has 0 aromatic heterocycles. The molecule has 0 fully saturated rings. The Morgan fingerprint density at radius 3 is 2.47 bits per heavy atom. The topological polar surface area (TPSA) is 21.3 Å². The fourth-order valence-electron chi connectivity index (χ4n) is 2.11. The number of nitrogens with one attached hydrogen (secondary N) is 1. The molecule has 2 heteroatoms. The molecule has 1 N–H and O–H groups in total. The van der Waals surface area contributed by atoms with Crippen molar-refractivity contribution >= 4 is 0 Å². The van der Waals surface area contributed by atoms with E-state index in [0.29, 0.717) is 12.0 Å². The summed E-state index contributed by atoms with van der Waals surface area (Å²) in [7, 11) is 0. The summed E-state index contributed by atoms with van der Waals surface area (Å²) in [5, 5.41) is 3.57. The van der Waals surface area contributed by atoms with Crippen LogP contribution in [0.25, 0.3) is 0 Å². The predicted molar refractivity (Wildman–Crippen MR) is 73.1 cm³/mol. The maximum atomic E-state index is 5.44. The maximum absolute atomic E-state index is 5.44. The fraction of sp³-hybridized carbons (Fsp3) is 0.600. The van der Waals surface area contributed by atoms with Gasteiger partial charge in [0.25, 0.3) is 0 Å². The van der Waals surface area contributed by atoms with Crippen molar-refractivity contribution in [2.45, 2.75) is 33.2 Å². The first kappa shape index (κ1) is 14.2. The van der Waals surface area contributed by atoms with Gasteiger partial charge in [0.2, 0.25) is 0 Å². The fourth-order valence-corrected chi connectivity index (χ4v) is 2.11. The number of rotatable bonds is 8. The van der Waals surface area contributed by atoms with Crippen LogP contribution in [0.3, 0.4) is 0 Å². The van der Waals surface area contributed by atoms with Crippen LogP contribution in [0.1, 0.15) is 38.8 Å². The van der Waals surface area contributed by atoms with Crippen molar-refractivity contribution in [1.82, 2.24) is 5.32 Å². The Labute approximate surface area is 105 Å². The van der Waals surface area contributed by atoms with Crippen molar-refractivity contribution in [3.63, 3.8) is 0 Å². The highest BCUT2D eigenvalue weighted by Gasteiger charge is 2.17. The summed E-state index contributed by atoms with van der Waals surface area (Å²) >= 11 is 0. The van der Waals surface area contributed by atoms with Crippen LogP contribution in [0.2, 0.25) is 0 Å². The molecule has 0 aliphatic heterocycles. The van der Waals surface area contributed by atoms with E-state index >= 15 is 0 Å². The largest absolute Gasteiger partial charge is 0.382 e. The van der Waals surface area contributed by atoms with Gasteiger partial charge in [-0.1, -0.05) is 44.2 Å². The number of hydrogen-bond donors (Lipinski definition) is 1. The minimum absolute atomic E-state index is 0.432. The molecule has 0 bridgehead atoms. The second kappa shape index (κ2) is 8.26. The smallest absolute Gasteiger partial charge is 0.0469 e. The first-order valence-corrected chi connectivity index (χ1v) is 6.65. The molecule has 1 rings (SSSR count). The molecule has 0 aliphatic carbocycles. The molecule has 0 amide bonds. The highest BCUT2D eigenvalue weighted by molar-refractivity contribution is 5.19. The van der Waals surface area contributed by atoms with Gasteiger partial charge < -0.3 is 10.1 Å². The quantitative estimate of drug-likeness (QED) is 0.697. The van der Waals surface area contributed by atoms with Gasteiger partial charge in [-0.3, -0.25) is 0 Å². The molecule has 1 aromatic rings. The third-order valence-corrected chi connectivity index (χ3v) is 3.07. The molecular weight excluding hydrogens is 210 g/mol. The molecule has 0 heterocycles. The molecule has 17 heavy (non-hydrogen) atoms. The van der Waals surface area contributed by atoms with Crippen molar-refractivity contribution in [2.24, 2.45) is 5.92 Å². The molecule has 0 aliphatic rings. The summed E-state index contributed by atoms with van der Waals surface area (Å²) in [6.45, 7) is 9.16. The van der Waals surface area contributed by atoms with Gasteiger partial charge in [0.1, 0.15) is 0 Å². The highest BCUT2D eigenvalue weighted by atomic mass is 16.5. The van der Waals surface area contributed by atoms with Crippen LogP contribution in [-0.4, -0.2) is 19.8 Å². The van der Waals surface area contributed by atoms with Crippen LogP contribution >= 0.6 is 0 Å². The molecule has 0 saturated carbocycles. The minimum Gasteiger partial charge on any atom is -0.382 e. The highest BCUT2D eigenvalue weighted by Crippen LogP contribution is 2.24. The molecule has 0 spiro atoms. The van der Waals surface area contributed by atoms with E-state index in [1.165, 1.54) is 5.56 Å². The summed E-state index contributed by atoms with van der Waals surface area (Å²) in [5.74, 6) is 0.587. The Morgan fingerprint density at radius 1 is 1.18 bits per heavy atom. The Morgan fingerprint density at radius 2 is 1.88 bits per heavy atom. The van der Waals surface area contributed by atoms with Crippen LogP contribution in [0.15, 0.2) is 30.3 Å². The van der Waals surface area contributed by atoms with Crippen LogP contribution in [0.5, 0.6) is 0 Å². The summed E-state index contributed by atoms with van der Waals surface area (Å²) in [5.41, 5.74) is 1.37. The number of benzene rings is 1. The zero-order valence-electron chi connectivity index (χ0n) is 11.3. The lowest BCUT2D eigenvalue weighted by atomic mass is 9.92. The van der Waals surface area contributed by atoms with Crippen molar-refractivity contribution in [3.05, 3.63) is 35.9 Å². The summed E-state index contributed by atoms with van der Waals surface area (Å²) in [6.07, 6.45) is 1.10. The van der Waals surface area contributed by atoms with Gasteiger partial charge in [-0.05, 0) is 31.4 Å². The number of ether oxygens (including phenoxy) is 1. The Bertz CT molecular complexity index is 286. The van der Waals surface area contributed by atoms with E-state index in [1.54, 1.807) is 0 Å². The first-order valence-electron chi connectivity index (χ1n) is 6.65. The van der Waals surface area contributed by atoms with E-state index in [2.05, 4.69) is 49.5 Å². The van der Waals surface area contributed by atoms with Gasteiger partial charge in [-0.25, -0.2) is 0 Å². The van der Waals surface area contributed by atoms with Gasteiger partial charge in [-0.2, -0.15) is 0 Å². The molecule has 0 radical (unpaired) electrons. The van der Waals surface area contributed by atoms with E-state index in [9.17, 15) is 0 Å². The lowest BCUT2D eigenvalue weighted by Gasteiger charge is -2.25. The Kier molecular flexibility index (Phi) is 6.90. The average Bonchev–Trinajstić information content (AvgIpc) is 2.37. The Balaban J connectivity index is 2.58. The van der Waals surface area contributed by atoms with E-state index in [0.717, 1.165) is 26.2 Å². The molecular formula is C15H25NO. The summed E-state index contributed by atoms with van der Waals surface area (Å²) in [6, 6.07) is 11.1. The second-order valence-corrected chi connectivity index (χ2v) is 4.41. The van der Waals surface area contributed by atoms with Crippen LogP contribution in [0, 0.1) is 5.92 Å². The van der Waals surface area contributed by atoms with Gasteiger partial charge in [0.15, 0.2) is 0 Å². The van der Waals surface area contributed by atoms with Gasteiger partial charge in [-0.15, -0.1) is 0 Å². The van der Waals surface area contributed by atoms with Crippen molar-refractivity contribution in [3.8, 4) is 0 Å². The first-order chi connectivity index (χ1) is 8.29. The van der Waals surface area contributed by atoms with E-state index in [1.807, 2.05) is 6.92 Å². The zero-order chi connectivity index (χ0) is 12.5. The number of hydrogen-bond acceptors (Lipinski definition) is 2. The third-order valence-electron chi connectivity index (χ3n) is 3.07. The summed E-state index contributed by atoms with van der Waals surface area (Å²) < 4.78 is 5.44. The van der Waals surface area contributed by atoms with E-state index < -0.39 is 0 Å². The SMILES string of the molecule is CCNC(c1ccccc1)C(C)CCOCC. The maximum Gasteiger partial charge on any atom is 0.0469 e. The van der Waals surface area contributed by atoms with Crippen LogP contribution < -0.4 is 5.32 Å². The van der Waals surface area contributed by atoms with Gasteiger partial charge in [0.05, 0.1) is 0 Å². The molecule has 96 valence electrons. The van der Waals surface area contributed by atoms with Gasteiger partial charge in [0, 0.05) is 19.3 Å². The standard InChI is InChI=1S/C15H25NO/c1-4-16-15(13(3)11-12-17-5-2)14-9-7-6-8-10-14/h6-10,13,15-16H,4-5,11-12H2,1-3H3. The van der Waals surface area contributed by atoms with E-state index in [-0.39, 0.29) is 0 Å². The molecule has 2 unspecified atom stereocenters.